The van der Waals surface area contributed by atoms with Gasteiger partial charge in [0.1, 0.15) is 5.00 Å². The molecule has 8 heteroatoms. The number of carbonyl (C=O) groups is 2. The number of halogens is 2. The average molecular weight is 432 g/mol. The predicted molar refractivity (Wildman–Crippen MR) is 110 cm³/mol. The number of anilines is 1. The van der Waals surface area contributed by atoms with Gasteiger partial charge in [0.05, 0.1) is 18.8 Å². The second kappa shape index (κ2) is 10.5. The molecular formula is C21H31F2NO4S. The van der Waals surface area contributed by atoms with Gasteiger partial charge in [-0.05, 0) is 49.5 Å². The van der Waals surface area contributed by atoms with E-state index in [9.17, 15) is 18.4 Å². The molecule has 1 amide bonds. The van der Waals surface area contributed by atoms with E-state index in [0.717, 1.165) is 29.7 Å². The number of hydrogen-bond donors (Lipinski definition) is 1. The molecule has 1 aromatic rings. The maximum absolute atomic E-state index is 12.7. The minimum Gasteiger partial charge on any atom is -0.462 e. The summed E-state index contributed by atoms with van der Waals surface area (Å²) in [7, 11) is 0. The number of nitrogens with one attached hydrogen (secondary N) is 1. The van der Waals surface area contributed by atoms with Crippen LogP contribution in [0.25, 0.3) is 0 Å². The van der Waals surface area contributed by atoms with Crippen LogP contribution in [0.1, 0.15) is 74.2 Å². The molecule has 164 valence electrons. The summed E-state index contributed by atoms with van der Waals surface area (Å²) < 4.78 is 35.3. The maximum Gasteiger partial charge on any atom is 0.345 e. The lowest BCUT2D eigenvalue weighted by Gasteiger charge is -2.37. The third-order valence-corrected chi connectivity index (χ3v) is 6.38. The Labute approximate surface area is 175 Å². The van der Waals surface area contributed by atoms with Gasteiger partial charge < -0.3 is 14.8 Å². The van der Waals surface area contributed by atoms with Gasteiger partial charge in [-0.15, -0.1) is 11.3 Å². The van der Waals surface area contributed by atoms with Gasteiger partial charge in [0.15, 0.2) is 0 Å². The summed E-state index contributed by atoms with van der Waals surface area (Å²) in [5.41, 5.74) is 0.960. The highest BCUT2D eigenvalue weighted by molar-refractivity contribution is 7.17. The molecular weight excluding hydrogens is 400 g/mol. The summed E-state index contributed by atoms with van der Waals surface area (Å²) in [6.07, 6.45) is 5.01. The molecule has 1 saturated carbocycles. The molecule has 0 spiro atoms. The van der Waals surface area contributed by atoms with Gasteiger partial charge in [-0.3, -0.25) is 4.79 Å². The molecule has 1 heterocycles. The number of amides is 1. The molecule has 1 aromatic heterocycles. The molecule has 0 saturated heterocycles. The average Bonchev–Trinajstić information content (AvgIpc) is 3.40. The van der Waals surface area contributed by atoms with Crippen molar-refractivity contribution >= 4 is 28.2 Å². The van der Waals surface area contributed by atoms with Gasteiger partial charge in [0, 0.05) is 11.8 Å². The summed E-state index contributed by atoms with van der Waals surface area (Å²) in [6.45, 7) is 4.61. The van der Waals surface area contributed by atoms with E-state index in [0.29, 0.717) is 35.7 Å². The fourth-order valence-electron chi connectivity index (χ4n) is 3.94. The Bertz CT molecular complexity index is 718. The monoisotopic (exact) mass is 431 g/mol. The van der Waals surface area contributed by atoms with Crippen LogP contribution >= 0.6 is 11.3 Å². The van der Waals surface area contributed by atoms with Gasteiger partial charge in [-0.1, -0.05) is 26.7 Å². The molecule has 29 heavy (non-hydrogen) atoms. The van der Waals surface area contributed by atoms with Crippen LogP contribution < -0.4 is 5.32 Å². The van der Waals surface area contributed by atoms with Crippen molar-refractivity contribution in [3.63, 3.8) is 0 Å². The summed E-state index contributed by atoms with van der Waals surface area (Å²) in [4.78, 5) is 25.0. The number of alkyl halides is 2. The fourth-order valence-corrected chi connectivity index (χ4v) is 5.39. The van der Waals surface area contributed by atoms with E-state index in [-0.39, 0.29) is 24.5 Å². The number of carbonyl (C=O) groups excluding carboxylic acids is 2. The van der Waals surface area contributed by atoms with Crippen molar-refractivity contribution in [3.05, 3.63) is 16.0 Å². The summed E-state index contributed by atoms with van der Waals surface area (Å²) in [6, 6.07) is 0. The zero-order valence-corrected chi connectivity index (χ0v) is 18.4. The third-order valence-electron chi connectivity index (χ3n) is 5.23. The van der Waals surface area contributed by atoms with Gasteiger partial charge in [-0.2, -0.15) is 8.78 Å². The number of hydrogen-bond acceptors (Lipinski definition) is 5. The summed E-state index contributed by atoms with van der Waals surface area (Å²) in [5, 5.41) is 3.22. The van der Waals surface area contributed by atoms with Crippen LogP contribution in [0, 0.1) is 11.3 Å². The van der Waals surface area contributed by atoms with Crippen LogP contribution in [-0.2, 0) is 27.1 Å². The second-order valence-electron chi connectivity index (χ2n) is 7.51. The first-order valence-electron chi connectivity index (χ1n) is 10.3. The Morgan fingerprint density at radius 2 is 2.00 bits per heavy atom. The van der Waals surface area contributed by atoms with E-state index in [1.165, 1.54) is 18.3 Å². The Balaban J connectivity index is 0.00000145. The van der Waals surface area contributed by atoms with E-state index in [1.54, 1.807) is 6.92 Å². The van der Waals surface area contributed by atoms with Gasteiger partial charge >= 0.3 is 12.6 Å². The van der Waals surface area contributed by atoms with Crippen molar-refractivity contribution in [1.29, 1.82) is 0 Å². The van der Waals surface area contributed by atoms with Crippen molar-refractivity contribution in [2.24, 2.45) is 11.3 Å². The maximum atomic E-state index is 12.7. The first kappa shape index (κ1) is 23.7. The highest BCUT2D eigenvalue weighted by atomic mass is 32.1. The van der Waals surface area contributed by atoms with Crippen LogP contribution in [0.2, 0.25) is 0 Å². The molecule has 2 aliphatic carbocycles. The minimum absolute atomic E-state index is 0.0166. The van der Waals surface area contributed by atoms with Crippen LogP contribution in [0.5, 0.6) is 0 Å². The standard InChI is InChI=1S/C19H25F2NO4S.C2H6/c1-3-25-17(24)15-13-6-7-19(8-12-4-5-12,10-26-18(20)21)9-14(13)27-16(15)22-11(2)23;1-2/h12,18H,3-10H2,1-2H3,(H,22,23);1-2H3. The van der Waals surface area contributed by atoms with Gasteiger partial charge in [-0.25, -0.2) is 4.79 Å². The summed E-state index contributed by atoms with van der Waals surface area (Å²) in [5.74, 6) is -0.131. The third kappa shape index (κ3) is 6.22. The van der Waals surface area contributed by atoms with Crippen LogP contribution in [0.3, 0.4) is 0 Å². The Kier molecular flexibility index (Phi) is 8.58. The van der Waals surface area contributed by atoms with E-state index in [2.05, 4.69) is 5.32 Å². The summed E-state index contributed by atoms with van der Waals surface area (Å²) >= 11 is 1.35. The second-order valence-corrected chi connectivity index (χ2v) is 8.61. The lowest BCUT2D eigenvalue weighted by atomic mass is 9.71. The molecule has 1 atom stereocenters. The molecule has 0 bridgehead atoms. The van der Waals surface area contributed by atoms with E-state index in [4.69, 9.17) is 9.47 Å². The van der Waals surface area contributed by atoms with Crippen molar-refractivity contribution in [2.75, 3.05) is 18.5 Å². The van der Waals surface area contributed by atoms with Crippen molar-refractivity contribution in [1.82, 2.24) is 0 Å². The molecule has 3 rings (SSSR count). The molecule has 0 aromatic carbocycles. The van der Waals surface area contributed by atoms with Crippen molar-refractivity contribution in [3.8, 4) is 0 Å². The Morgan fingerprint density at radius 3 is 2.55 bits per heavy atom. The van der Waals surface area contributed by atoms with Crippen LogP contribution in [0.15, 0.2) is 0 Å². The molecule has 1 N–H and O–H groups in total. The molecule has 2 aliphatic rings. The Morgan fingerprint density at radius 1 is 1.31 bits per heavy atom. The van der Waals surface area contributed by atoms with Gasteiger partial charge in [0.25, 0.3) is 0 Å². The zero-order valence-electron chi connectivity index (χ0n) is 17.6. The molecule has 0 radical (unpaired) electrons. The number of esters is 1. The number of thiophene rings is 1. The molecule has 1 unspecified atom stereocenters. The van der Waals surface area contributed by atoms with Crippen LogP contribution in [0.4, 0.5) is 13.8 Å². The fraction of sp³-hybridized carbons (Fsp3) is 0.714. The lowest BCUT2D eigenvalue weighted by molar-refractivity contribution is -0.155. The smallest absolute Gasteiger partial charge is 0.345 e. The highest BCUT2D eigenvalue weighted by Gasteiger charge is 2.42. The number of ether oxygens (including phenoxy) is 2. The lowest BCUT2D eigenvalue weighted by Crippen LogP contribution is -2.35. The van der Waals surface area contributed by atoms with E-state index < -0.39 is 12.6 Å². The largest absolute Gasteiger partial charge is 0.462 e. The van der Waals surface area contributed by atoms with Crippen LogP contribution in [-0.4, -0.2) is 31.7 Å². The first-order chi connectivity index (χ1) is 13.8. The number of rotatable bonds is 8. The Hall–Kier alpha value is -1.54. The normalized spacial score (nSPS) is 20.5. The first-order valence-corrected chi connectivity index (χ1v) is 11.1. The molecule has 1 fully saturated rings. The van der Waals surface area contributed by atoms with E-state index in [1.807, 2.05) is 13.8 Å². The minimum atomic E-state index is -2.78. The van der Waals surface area contributed by atoms with E-state index >= 15 is 0 Å². The highest BCUT2D eigenvalue weighted by Crippen LogP contribution is 2.50. The number of fused-ring (bicyclic) bond motifs is 1. The molecule has 5 nitrogen and oxygen atoms in total. The topological polar surface area (TPSA) is 64.6 Å². The SMILES string of the molecule is CC.CCOC(=O)c1c(NC(C)=O)sc2c1CCC(COC(F)F)(CC1CC1)C2. The quantitative estimate of drug-likeness (QED) is 0.558. The predicted octanol–water partition coefficient (Wildman–Crippen LogP) is 5.42. The molecule has 0 aliphatic heterocycles. The zero-order chi connectivity index (χ0) is 21.6. The van der Waals surface area contributed by atoms with Gasteiger partial charge in [0.2, 0.25) is 5.91 Å². The van der Waals surface area contributed by atoms with Crippen molar-refractivity contribution < 1.29 is 27.8 Å². The van der Waals surface area contributed by atoms with Crippen molar-refractivity contribution in [2.45, 2.75) is 72.8 Å².